The number of amides is 1. The number of aromatic nitrogens is 2. The van der Waals surface area contributed by atoms with Gasteiger partial charge >= 0.3 is 0 Å². The molecule has 4 aromatic rings. The van der Waals surface area contributed by atoms with Crippen LogP contribution in [0.1, 0.15) is 11.1 Å². The van der Waals surface area contributed by atoms with Crippen molar-refractivity contribution in [3.63, 3.8) is 0 Å². The summed E-state index contributed by atoms with van der Waals surface area (Å²) < 4.78 is 6.65. The van der Waals surface area contributed by atoms with Gasteiger partial charge in [-0.25, -0.2) is 4.68 Å². The number of para-hydroxylation sites is 1. The molecular formula is C28H27N3O3. The van der Waals surface area contributed by atoms with E-state index in [1.54, 1.807) is 18.1 Å². The van der Waals surface area contributed by atoms with Crippen molar-refractivity contribution in [2.45, 2.75) is 19.5 Å². The summed E-state index contributed by atoms with van der Waals surface area (Å²) in [6.45, 7) is 0.871. The Hall–Kier alpha value is -4.19. The Kier molecular flexibility index (Phi) is 7.50. The summed E-state index contributed by atoms with van der Waals surface area (Å²) in [4.78, 5) is 27.7. The number of carbonyl (C=O) groups is 1. The Labute approximate surface area is 199 Å². The fraction of sp³-hybridized carbons (Fsp3) is 0.179. The van der Waals surface area contributed by atoms with Crippen LogP contribution in [0, 0.1) is 0 Å². The molecule has 0 atom stereocenters. The van der Waals surface area contributed by atoms with Crippen molar-refractivity contribution in [2.24, 2.45) is 0 Å². The van der Waals surface area contributed by atoms with Crippen LogP contribution in [0.4, 0.5) is 0 Å². The lowest BCUT2D eigenvalue weighted by molar-refractivity contribution is -0.132. The predicted molar refractivity (Wildman–Crippen MR) is 132 cm³/mol. The second-order valence-corrected chi connectivity index (χ2v) is 7.95. The van der Waals surface area contributed by atoms with Crippen molar-refractivity contribution in [2.75, 3.05) is 13.7 Å². The van der Waals surface area contributed by atoms with Crippen LogP contribution in [-0.4, -0.2) is 34.2 Å². The maximum Gasteiger partial charge on any atom is 0.267 e. The topological polar surface area (TPSA) is 64.4 Å². The molecule has 1 aromatic heterocycles. The van der Waals surface area contributed by atoms with Crippen LogP contribution >= 0.6 is 0 Å². The molecule has 6 heteroatoms. The Balaban J connectivity index is 1.57. The molecule has 0 saturated carbocycles. The molecule has 0 bridgehead atoms. The third-order valence-electron chi connectivity index (χ3n) is 5.62. The smallest absolute Gasteiger partial charge is 0.267 e. The maximum atomic E-state index is 13.4. The summed E-state index contributed by atoms with van der Waals surface area (Å²) in [6, 6.07) is 30.5. The van der Waals surface area contributed by atoms with Gasteiger partial charge in [0.05, 0.1) is 12.8 Å². The summed E-state index contributed by atoms with van der Waals surface area (Å²) >= 11 is 0. The lowest BCUT2D eigenvalue weighted by Crippen LogP contribution is -2.38. The second kappa shape index (κ2) is 11.1. The molecule has 6 nitrogen and oxygen atoms in total. The number of carbonyl (C=O) groups excluding carboxylic acids is 1. The number of methoxy groups -OCH3 is 1. The molecule has 34 heavy (non-hydrogen) atoms. The van der Waals surface area contributed by atoms with E-state index in [9.17, 15) is 9.59 Å². The van der Waals surface area contributed by atoms with Gasteiger partial charge in [-0.05, 0) is 35.7 Å². The van der Waals surface area contributed by atoms with Gasteiger partial charge in [-0.15, -0.1) is 0 Å². The van der Waals surface area contributed by atoms with E-state index in [0.29, 0.717) is 24.5 Å². The first kappa shape index (κ1) is 23.0. The van der Waals surface area contributed by atoms with Crippen molar-refractivity contribution >= 4 is 5.91 Å². The fourth-order valence-corrected chi connectivity index (χ4v) is 3.79. The highest BCUT2D eigenvalue weighted by molar-refractivity contribution is 5.76. The van der Waals surface area contributed by atoms with E-state index >= 15 is 0 Å². The monoisotopic (exact) mass is 453 g/mol. The second-order valence-electron chi connectivity index (χ2n) is 7.95. The highest BCUT2D eigenvalue weighted by atomic mass is 16.5. The third kappa shape index (κ3) is 5.78. The molecule has 172 valence electrons. The van der Waals surface area contributed by atoms with E-state index < -0.39 is 0 Å². The van der Waals surface area contributed by atoms with Crippen LogP contribution in [0.5, 0.6) is 5.75 Å². The Morgan fingerprint density at radius 2 is 1.50 bits per heavy atom. The summed E-state index contributed by atoms with van der Waals surface area (Å²) in [5, 5.41) is 4.48. The van der Waals surface area contributed by atoms with Gasteiger partial charge in [0, 0.05) is 24.7 Å². The fourth-order valence-electron chi connectivity index (χ4n) is 3.79. The van der Waals surface area contributed by atoms with Crippen molar-refractivity contribution in [1.29, 1.82) is 0 Å². The molecule has 0 fully saturated rings. The molecule has 1 heterocycles. The molecule has 0 N–H and O–H groups in total. The van der Waals surface area contributed by atoms with Crippen LogP contribution < -0.4 is 10.3 Å². The van der Waals surface area contributed by atoms with Crippen LogP contribution in [0.15, 0.2) is 102 Å². The van der Waals surface area contributed by atoms with Gasteiger partial charge in [-0.2, -0.15) is 5.10 Å². The van der Waals surface area contributed by atoms with Gasteiger partial charge in [0.25, 0.3) is 5.56 Å². The molecule has 0 spiro atoms. The quantitative estimate of drug-likeness (QED) is 0.381. The molecule has 4 rings (SSSR count). The molecule has 0 saturated heterocycles. The van der Waals surface area contributed by atoms with Crippen LogP contribution in [0.25, 0.3) is 11.3 Å². The third-order valence-corrected chi connectivity index (χ3v) is 5.62. The summed E-state index contributed by atoms with van der Waals surface area (Å²) in [5.74, 6) is 0.492. The number of benzene rings is 3. The molecule has 0 aliphatic carbocycles. The van der Waals surface area contributed by atoms with Crippen molar-refractivity contribution in [3.8, 4) is 17.0 Å². The average molecular weight is 454 g/mol. The largest absolute Gasteiger partial charge is 0.496 e. The van der Waals surface area contributed by atoms with Gasteiger partial charge in [0.15, 0.2) is 0 Å². The standard InChI is InChI=1S/C28H27N3O3/c1-34-26-15-9-8-14-24(26)25-16-17-27(32)31(29-25)21-28(33)30(20-23-12-6-3-7-13-23)19-18-22-10-4-2-5-11-22/h2-17H,18-21H2,1H3. The van der Waals surface area contributed by atoms with Gasteiger partial charge in [-0.3, -0.25) is 9.59 Å². The van der Waals surface area contributed by atoms with E-state index in [4.69, 9.17) is 4.74 Å². The molecule has 0 aliphatic heterocycles. The van der Waals surface area contributed by atoms with E-state index in [1.807, 2.05) is 84.9 Å². The molecule has 3 aromatic carbocycles. The number of nitrogens with zero attached hydrogens (tertiary/aromatic N) is 3. The first-order chi connectivity index (χ1) is 16.6. The zero-order chi connectivity index (χ0) is 23.8. The lowest BCUT2D eigenvalue weighted by atomic mass is 10.1. The van der Waals surface area contributed by atoms with Gasteiger partial charge < -0.3 is 9.64 Å². The van der Waals surface area contributed by atoms with E-state index in [0.717, 1.165) is 23.1 Å². The average Bonchev–Trinajstić information content (AvgIpc) is 2.89. The summed E-state index contributed by atoms with van der Waals surface area (Å²) in [7, 11) is 1.59. The lowest BCUT2D eigenvalue weighted by Gasteiger charge is -2.23. The minimum Gasteiger partial charge on any atom is -0.496 e. The van der Waals surface area contributed by atoms with Crippen LogP contribution in [0.2, 0.25) is 0 Å². The van der Waals surface area contributed by atoms with Crippen molar-refractivity contribution in [3.05, 3.63) is 119 Å². The Morgan fingerprint density at radius 3 is 2.21 bits per heavy atom. The SMILES string of the molecule is COc1ccccc1-c1ccc(=O)n(CC(=O)N(CCc2ccccc2)Cc2ccccc2)n1. The van der Waals surface area contributed by atoms with Crippen LogP contribution in [0.3, 0.4) is 0 Å². The highest BCUT2D eigenvalue weighted by Gasteiger charge is 2.17. The van der Waals surface area contributed by atoms with Crippen molar-refractivity contribution in [1.82, 2.24) is 14.7 Å². The maximum absolute atomic E-state index is 13.4. The molecule has 0 aliphatic rings. The highest BCUT2D eigenvalue weighted by Crippen LogP contribution is 2.27. The number of hydrogen-bond acceptors (Lipinski definition) is 4. The first-order valence-corrected chi connectivity index (χ1v) is 11.2. The number of ether oxygens (including phenoxy) is 1. The normalized spacial score (nSPS) is 10.6. The van der Waals surface area contributed by atoms with Crippen molar-refractivity contribution < 1.29 is 9.53 Å². The van der Waals surface area contributed by atoms with Gasteiger partial charge in [0.2, 0.25) is 5.91 Å². The van der Waals surface area contributed by atoms with Gasteiger partial charge in [0.1, 0.15) is 12.3 Å². The molecular weight excluding hydrogens is 426 g/mol. The zero-order valence-corrected chi connectivity index (χ0v) is 19.1. The summed E-state index contributed by atoms with van der Waals surface area (Å²) in [5.41, 5.74) is 3.20. The Morgan fingerprint density at radius 1 is 0.853 bits per heavy atom. The number of rotatable bonds is 9. The van der Waals surface area contributed by atoms with E-state index in [1.165, 1.54) is 10.7 Å². The first-order valence-electron chi connectivity index (χ1n) is 11.2. The summed E-state index contributed by atoms with van der Waals surface area (Å²) in [6.07, 6.45) is 0.725. The van der Waals surface area contributed by atoms with Gasteiger partial charge in [-0.1, -0.05) is 72.8 Å². The van der Waals surface area contributed by atoms with E-state index in [2.05, 4.69) is 5.10 Å². The molecule has 0 unspecified atom stereocenters. The zero-order valence-electron chi connectivity index (χ0n) is 19.1. The van der Waals surface area contributed by atoms with E-state index in [-0.39, 0.29) is 18.0 Å². The molecule has 1 amide bonds. The Bertz CT molecular complexity index is 1290. The minimum absolute atomic E-state index is 0.135. The molecule has 0 radical (unpaired) electrons. The number of hydrogen-bond donors (Lipinski definition) is 0. The predicted octanol–water partition coefficient (Wildman–Crippen LogP) is 4.19. The van der Waals surface area contributed by atoms with Crippen LogP contribution in [-0.2, 0) is 24.3 Å². The minimum atomic E-state index is -0.324.